The predicted octanol–water partition coefficient (Wildman–Crippen LogP) is 0.649. The van der Waals surface area contributed by atoms with Crippen LogP contribution in [0.2, 0.25) is 0 Å². The Hall–Kier alpha value is -1.19. The molecule has 0 N–H and O–H groups in total. The largest absolute Gasteiger partial charge is 0.348 e. The quantitative estimate of drug-likeness (QED) is 0.484. The van der Waals surface area contributed by atoms with Gasteiger partial charge in [0.2, 0.25) is 17.5 Å². The summed E-state index contributed by atoms with van der Waals surface area (Å²) >= 11 is 0. The van der Waals surface area contributed by atoms with Crippen molar-refractivity contribution in [2.75, 3.05) is 14.1 Å². The summed E-state index contributed by atoms with van der Waals surface area (Å²) < 4.78 is 0. The minimum atomic E-state index is -1.09. The van der Waals surface area contributed by atoms with E-state index < -0.39 is 16.6 Å². The van der Waals surface area contributed by atoms with Gasteiger partial charge in [-0.25, -0.2) is 0 Å². The third kappa shape index (κ3) is 0.931. The third-order valence-corrected chi connectivity index (χ3v) is 4.48. The van der Waals surface area contributed by atoms with Crippen LogP contribution in [-0.4, -0.2) is 36.5 Å². The van der Waals surface area contributed by atoms with Crippen LogP contribution in [0, 0.1) is 16.7 Å². The van der Waals surface area contributed by atoms with Gasteiger partial charge in [-0.15, -0.1) is 0 Å². The first-order chi connectivity index (χ1) is 7.26. The molecule has 4 nitrogen and oxygen atoms in total. The lowest BCUT2D eigenvalue weighted by atomic mass is 9.68. The number of nitrogens with zero attached hydrogens (tertiary/aromatic N) is 1. The molecule has 0 aliphatic heterocycles. The molecule has 4 heteroatoms. The number of hydrogen-bond donors (Lipinski definition) is 0. The highest BCUT2D eigenvalue weighted by Crippen LogP contribution is 2.62. The van der Waals surface area contributed by atoms with E-state index in [9.17, 15) is 14.4 Å². The van der Waals surface area contributed by atoms with Crippen LogP contribution in [0.3, 0.4) is 0 Å². The molecule has 2 fully saturated rings. The van der Waals surface area contributed by atoms with Gasteiger partial charge in [-0.2, -0.15) is 0 Å². The number of hydrogen-bond acceptors (Lipinski definition) is 3. The number of amides is 1. The van der Waals surface area contributed by atoms with Crippen LogP contribution in [0.5, 0.6) is 0 Å². The van der Waals surface area contributed by atoms with Crippen LogP contribution in [0.4, 0.5) is 0 Å². The second-order valence-corrected chi connectivity index (χ2v) is 5.61. The maximum atomic E-state index is 12.2. The van der Waals surface area contributed by atoms with Gasteiger partial charge in [0.05, 0.1) is 0 Å². The zero-order valence-electron chi connectivity index (χ0n) is 10.2. The molecule has 0 unspecified atom stereocenters. The second-order valence-electron chi connectivity index (χ2n) is 5.61. The molecule has 0 radical (unpaired) electrons. The van der Waals surface area contributed by atoms with Gasteiger partial charge < -0.3 is 4.90 Å². The van der Waals surface area contributed by atoms with Gasteiger partial charge >= 0.3 is 0 Å². The molecule has 0 saturated heterocycles. The number of Topliss-reactive ketones (excluding diaryl/α,β-unsaturated/α-hetero) is 2. The Morgan fingerprint density at radius 3 is 2.25 bits per heavy atom. The van der Waals surface area contributed by atoms with Crippen LogP contribution in [0.15, 0.2) is 0 Å². The van der Waals surface area contributed by atoms with Crippen molar-refractivity contribution < 1.29 is 14.4 Å². The lowest BCUT2D eigenvalue weighted by Gasteiger charge is -2.35. The van der Waals surface area contributed by atoms with E-state index in [0.717, 1.165) is 0 Å². The lowest BCUT2D eigenvalue weighted by molar-refractivity contribution is -0.153. The molecule has 0 spiro atoms. The predicted molar refractivity (Wildman–Crippen MR) is 57.6 cm³/mol. The number of carbonyl (C=O) groups excluding carboxylic acids is 3. The normalized spacial score (nSPS) is 35.6. The van der Waals surface area contributed by atoms with Gasteiger partial charge in [-0.05, 0) is 18.3 Å². The minimum absolute atomic E-state index is 0.212. The molecule has 2 bridgehead atoms. The molecule has 2 saturated carbocycles. The summed E-state index contributed by atoms with van der Waals surface area (Å²) in [7, 11) is 3.27. The lowest BCUT2D eigenvalue weighted by Crippen LogP contribution is -2.49. The molecule has 0 heterocycles. The zero-order chi connectivity index (χ0) is 12.3. The Kier molecular flexibility index (Phi) is 2.07. The van der Waals surface area contributed by atoms with E-state index in [-0.39, 0.29) is 17.6 Å². The number of fused-ring (bicyclic) bond motifs is 2. The summed E-state index contributed by atoms with van der Waals surface area (Å²) in [5.41, 5.74) is -1.61. The maximum absolute atomic E-state index is 12.2. The monoisotopic (exact) mass is 223 g/mol. The highest BCUT2D eigenvalue weighted by molar-refractivity contribution is 6.47. The Morgan fingerprint density at radius 1 is 1.31 bits per heavy atom. The molecule has 1 amide bonds. The molecule has 16 heavy (non-hydrogen) atoms. The summed E-state index contributed by atoms with van der Waals surface area (Å²) in [6.07, 6.45) is 1.18. The maximum Gasteiger partial charge on any atom is 0.236 e. The van der Waals surface area contributed by atoms with Crippen LogP contribution in [0.25, 0.3) is 0 Å². The summed E-state index contributed by atoms with van der Waals surface area (Å²) in [5.74, 6) is -1.28. The summed E-state index contributed by atoms with van der Waals surface area (Å²) in [6, 6.07) is 0. The average Bonchev–Trinajstić information content (AvgIpc) is 2.53. The van der Waals surface area contributed by atoms with Gasteiger partial charge in [0.1, 0.15) is 5.41 Å². The Bertz CT molecular complexity index is 397. The smallest absolute Gasteiger partial charge is 0.236 e. The van der Waals surface area contributed by atoms with E-state index in [1.165, 1.54) is 4.90 Å². The van der Waals surface area contributed by atoms with Crippen molar-refractivity contribution in [2.24, 2.45) is 16.7 Å². The van der Waals surface area contributed by atoms with Crippen LogP contribution < -0.4 is 0 Å². The molecule has 2 aliphatic carbocycles. The summed E-state index contributed by atoms with van der Waals surface area (Å²) in [5, 5.41) is 0. The van der Waals surface area contributed by atoms with E-state index in [1.807, 2.05) is 13.8 Å². The van der Waals surface area contributed by atoms with E-state index in [4.69, 9.17) is 0 Å². The fourth-order valence-electron chi connectivity index (χ4n) is 3.44. The molecule has 88 valence electrons. The van der Waals surface area contributed by atoms with Crippen LogP contribution >= 0.6 is 0 Å². The van der Waals surface area contributed by atoms with Crippen molar-refractivity contribution in [1.82, 2.24) is 4.90 Å². The highest BCUT2D eigenvalue weighted by Gasteiger charge is 2.72. The fourth-order valence-corrected chi connectivity index (χ4v) is 3.44. The average molecular weight is 223 g/mol. The molecule has 0 aromatic heterocycles. The topological polar surface area (TPSA) is 54.5 Å². The molecule has 0 aromatic rings. The van der Waals surface area contributed by atoms with Gasteiger partial charge in [-0.1, -0.05) is 13.8 Å². The molecule has 0 aromatic carbocycles. The van der Waals surface area contributed by atoms with Crippen molar-refractivity contribution in [3.05, 3.63) is 0 Å². The third-order valence-electron chi connectivity index (χ3n) is 4.48. The van der Waals surface area contributed by atoms with E-state index >= 15 is 0 Å². The highest BCUT2D eigenvalue weighted by atomic mass is 16.2. The molecule has 2 rings (SSSR count). The van der Waals surface area contributed by atoms with Gasteiger partial charge in [0, 0.05) is 20.0 Å². The van der Waals surface area contributed by atoms with Gasteiger partial charge in [-0.3, -0.25) is 14.4 Å². The molecular formula is C12H17NO3. The van der Waals surface area contributed by atoms with Crippen molar-refractivity contribution >= 4 is 17.5 Å². The first kappa shape index (κ1) is 11.3. The van der Waals surface area contributed by atoms with Crippen molar-refractivity contribution in [3.63, 3.8) is 0 Å². The van der Waals surface area contributed by atoms with E-state index in [0.29, 0.717) is 12.8 Å². The van der Waals surface area contributed by atoms with Gasteiger partial charge in [0.15, 0.2) is 0 Å². The van der Waals surface area contributed by atoms with E-state index in [1.54, 1.807) is 14.1 Å². The van der Waals surface area contributed by atoms with Crippen molar-refractivity contribution in [2.45, 2.75) is 26.7 Å². The fraction of sp³-hybridized carbons (Fsp3) is 0.750. The van der Waals surface area contributed by atoms with Crippen molar-refractivity contribution in [1.29, 1.82) is 0 Å². The van der Waals surface area contributed by atoms with Crippen molar-refractivity contribution in [3.8, 4) is 0 Å². The number of carbonyl (C=O) groups is 3. The van der Waals surface area contributed by atoms with Crippen LogP contribution in [-0.2, 0) is 14.4 Å². The minimum Gasteiger partial charge on any atom is -0.348 e. The summed E-state index contributed by atoms with van der Waals surface area (Å²) in [6.45, 7) is 3.74. The second kappa shape index (κ2) is 2.93. The Balaban J connectivity index is 2.58. The first-order valence-electron chi connectivity index (χ1n) is 5.57. The Morgan fingerprint density at radius 2 is 1.88 bits per heavy atom. The molecule has 2 atom stereocenters. The van der Waals surface area contributed by atoms with Gasteiger partial charge in [0.25, 0.3) is 0 Å². The standard InChI is InChI=1S/C12H17NO3/c1-11(2)7-5-6-12(11,9(15)8(7)14)10(16)13(3)4/h7H,5-6H2,1-4H3/t7-,12-/m1/s1. The van der Waals surface area contributed by atoms with Crippen LogP contribution in [0.1, 0.15) is 26.7 Å². The number of rotatable bonds is 1. The molecular weight excluding hydrogens is 206 g/mol. The zero-order valence-corrected chi connectivity index (χ0v) is 10.2. The SMILES string of the molecule is CN(C)C(=O)[C@@]12CC[C@H](C(=O)C1=O)C2(C)C. The first-order valence-corrected chi connectivity index (χ1v) is 5.57. The Labute approximate surface area is 95.0 Å². The molecule has 2 aliphatic rings. The summed E-state index contributed by atoms with van der Waals surface area (Å²) in [4.78, 5) is 37.5. The van der Waals surface area contributed by atoms with E-state index in [2.05, 4.69) is 0 Å². The number of ketones is 2.